The summed E-state index contributed by atoms with van der Waals surface area (Å²) in [5.41, 5.74) is -0.938. The van der Waals surface area contributed by atoms with E-state index in [0.29, 0.717) is 5.75 Å². The summed E-state index contributed by atoms with van der Waals surface area (Å²) in [6.45, 7) is 6.95. The van der Waals surface area contributed by atoms with Gasteiger partial charge in [-0.25, -0.2) is 0 Å². The number of carbonyl (C=O) groups excluding carboxylic acids is 2. The van der Waals surface area contributed by atoms with Crippen molar-refractivity contribution in [3.05, 3.63) is 0 Å². The topological polar surface area (TPSA) is 78.4 Å². The van der Waals surface area contributed by atoms with Gasteiger partial charge < -0.3 is 15.7 Å². The van der Waals surface area contributed by atoms with Crippen molar-refractivity contribution >= 4 is 23.6 Å². The highest BCUT2D eigenvalue weighted by atomic mass is 32.2. The number of hydrogen-bond acceptors (Lipinski definition) is 4. The van der Waals surface area contributed by atoms with Crippen LogP contribution in [0.1, 0.15) is 27.7 Å². The minimum absolute atomic E-state index is 0.000556. The molecule has 18 heavy (non-hydrogen) atoms. The van der Waals surface area contributed by atoms with E-state index in [2.05, 4.69) is 10.6 Å². The molecule has 106 valence electrons. The summed E-state index contributed by atoms with van der Waals surface area (Å²) in [4.78, 5) is 23.0. The number of rotatable bonds is 7. The molecular weight excluding hydrogens is 252 g/mol. The lowest BCUT2D eigenvalue weighted by atomic mass is 10.0. The van der Waals surface area contributed by atoms with Crippen molar-refractivity contribution in [1.29, 1.82) is 0 Å². The van der Waals surface area contributed by atoms with Gasteiger partial charge >= 0.3 is 0 Å². The average molecular weight is 276 g/mol. The Hall–Kier alpha value is -0.750. The molecule has 2 amide bonds. The fraction of sp³-hybridized carbons (Fsp3) is 0.833. The maximum Gasteiger partial charge on any atom is 0.242 e. The van der Waals surface area contributed by atoms with Crippen molar-refractivity contribution in [2.45, 2.75) is 39.3 Å². The number of nitrogens with one attached hydrogen (secondary N) is 2. The highest BCUT2D eigenvalue weighted by molar-refractivity contribution is 7.98. The van der Waals surface area contributed by atoms with Crippen LogP contribution in [0.4, 0.5) is 0 Å². The maximum atomic E-state index is 11.9. The van der Waals surface area contributed by atoms with Gasteiger partial charge in [-0.05, 0) is 19.1 Å². The van der Waals surface area contributed by atoms with Crippen molar-refractivity contribution in [3.8, 4) is 0 Å². The van der Waals surface area contributed by atoms with E-state index in [-0.39, 0.29) is 24.3 Å². The SMILES string of the molecule is CSCC(C)(O)CNC(=O)C(NC(C)=O)C(C)C. The summed E-state index contributed by atoms with van der Waals surface area (Å²) in [6.07, 6.45) is 1.89. The van der Waals surface area contributed by atoms with Gasteiger partial charge in [0.2, 0.25) is 11.8 Å². The Bertz CT molecular complexity index is 293. The van der Waals surface area contributed by atoms with Crippen LogP contribution >= 0.6 is 11.8 Å². The molecule has 2 atom stereocenters. The van der Waals surface area contributed by atoms with E-state index in [1.807, 2.05) is 20.1 Å². The molecule has 0 aromatic heterocycles. The Morgan fingerprint density at radius 3 is 2.33 bits per heavy atom. The molecule has 5 nitrogen and oxygen atoms in total. The molecule has 0 aromatic rings. The molecule has 0 spiro atoms. The van der Waals surface area contributed by atoms with Crippen molar-refractivity contribution < 1.29 is 14.7 Å². The second kappa shape index (κ2) is 7.63. The second-order valence-corrected chi connectivity index (χ2v) is 5.94. The largest absolute Gasteiger partial charge is 0.387 e. The van der Waals surface area contributed by atoms with E-state index >= 15 is 0 Å². The van der Waals surface area contributed by atoms with E-state index in [9.17, 15) is 14.7 Å². The fourth-order valence-corrected chi connectivity index (χ4v) is 2.23. The van der Waals surface area contributed by atoms with Crippen molar-refractivity contribution in [1.82, 2.24) is 10.6 Å². The minimum atomic E-state index is -0.938. The number of aliphatic hydroxyl groups is 1. The lowest BCUT2D eigenvalue weighted by molar-refractivity contribution is -0.129. The molecule has 0 saturated carbocycles. The normalized spacial score (nSPS) is 15.9. The van der Waals surface area contributed by atoms with Gasteiger partial charge in [-0.2, -0.15) is 11.8 Å². The fourth-order valence-electron chi connectivity index (χ4n) is 1.50. The van der Waals surface area contributed by atoms with Crippen LogP contribution in [-0.4, -0.2) is 47.1 Å². The molecule has 0 rings (SSSR count). The van der Waals surface area contributed by atoms with Crippen molar-refractivity contribution in [2.24, 2.45) is 5.92 Å². The lowest BCUT2D eigenvalue weighted by Gasteiger charge is -2.26. The van der Waals surface area contributed by atoms with Gasteiger partial charge in [-0.15, -0.1) is 0 Å². The predicted octanol–water partition coefficient (Wildman–Crippen LogP) is 0.377. The van der Waals surface area contributed by atoms with E-state index in [4.69, 9.17) is 0 Å². The van der Waals surface area contributed by atoms with E-state index in [1.54, 1.807) is 6.92 Å². The van der Waals surface area contributed by atoms with Crippen molar-refractivity contribution in [3.63, 3.8) is 0 Å². The summed E-state index contributed by atoms with van der Waals surface area (Å²) in [7, 11) is 0. The lowest BCUT2D eigenvalue weighted by Crippen LogP contribution is -2.52. The second-order valence-electron chi connectivity index (χ2n) is 5.07. The molecule has 0 aliphatic heterocycles. The number of hydrogen-bond donors (Lipinski definition) is 3. The smallest absolute Gasteiger partial charge is 0.242 e. The third-order valence-corrected chi connectivity index (χ3v) is 3.32. The molecule has 0 aromatic carbocycles. The Kier molecular flexibility index (Phi) is 7.32. The highest BCUT2D eigenvalue weighted by Crippen LogP contribution is 2.09. The van der Waals surface area contributed by atoms with Crippen molar-refractivity contribution in [2.75, 3.05) is 18.6 Å². The van der Waals surface area contributed by atoms with Crippen LogP contribution in [0.25, 0.3) is 0 Å². The summed E-state index contributed by atoms with van der Waals surface area (Å²) < 4.78 is 0. The summed E-state index contributed by atoms with van der Waals surface area (Å²) in [5.74, 6) is 0.0421. The van der Waals surface area contributed by atoms with Crippen LogP contribution in [0.15, 0.2) is 0 Å². The van der Waals surface area contributed by atoms with Crippen LogP contribution in [0, 0.1) is 5.92 Å². The molecule has 6 heteroatoms. The van der Waals surface area contributed by atoms with Gasteiger partial charge in [0.05, 0.1) is 5.60 Å². The zero-order valence-corrected chi connectivity index (χ0v) is 12.6. The predicted molar refractivity (Wildman–Crippen MR) is 74.5 cm³/mol. The highest BCUT2D eigenvalue weighted by Gasteiger charge is 2.26. The Labute approximate surface area is 113 Å². The average Bonchev–Trinajstić information content (AvgIpc) is 2.22. The first-order valence-corrected chi connectivity index (χ1v) is 7.35. The van der Waals surface area contributed by atoms with Gasteiger partial charge in [0, 0.05) is 19.2 Å². The Balaban J connectivity index is 4.39. The first-order chi connectivity index (χ1) is 8.19. The third-order valence-electron chi connectivity index (χ3n) is 2.41. The van der Waals surface area contributed by atoms with Gasteiger partial charge in [-0.1, -0.05) is 13.8 Å². The molecule has 3 N–H and O–H groups in total. The van der Waals surface area contributed by atoms with E-state index in [1.165, 1.54) is 18.7 Å². The van der Waals surface area contributed by atoms with Crippen LogP contribution in [0.2, 0.25) is 0 Å². The standard InChI is InChI=1S/C12H24N2O3S/c1-8(2)10(14-9(3)15)11(16)13-6-12(4,17)7-18-5/h8,10,17H,6-7H2,1-5H3,(H,13,16)(H,14,15). The van der Waals surface area contributed by atoms with E-state index < -0.39 is 11.6 Å². The Morgan fingerprint density at radius 1 is 1.39 bits per heavy atom. The number of carbonyl (C=O) groups is 2. The number of amides is 2. The molecule has 0 radical (unpaired) electrons. The van der Waals surface area contributed by atoms with Crippen LogP contribution < -0.4 is 10.6 Å². The van der Waals surface area contributed by atoms with E-state index in [0.717, 1.165) is 0 Å². The molecule has 0 fully saturated rings. The molecular formula is C12H24N2O3S. The number of thioether (sulfide) groups is 1. The third kappa shape index (κ3) is 6.86. The monoisotopic (exact) mass is 276 g/mol. The van der Waals surface area contributed by atoms with Crippen LogP contribution in [-0.2, 0) is 9.59 Å². The molecule has 0 saturated heterocycles. The zero-order valence-electron chi connectivity index (χ0n) is 11.7. The first kappa shape index (κ1) is 17.2. The molecule has 2 unspecified atom stereocenters. The zero-order chi connectivity index (χ0) is 14.3. The minimum Gasteiger partial charge on any atom is -0.387 e. The molecule has 0 heterocycles. The quantitative estimate of drug-likeness (QED) is 0.628. The van der Waals surface area contributed by atoms with Gasteiger partial charge in [-0.3, -0.25) is 9.59 Å². The maximum absolute atomic E-state index is 11.9. The van der Waals surface area contributed by atoms with Gasteiger partial charge in [0.1, 0.15) is 6.04 Å². The summed E-state index contributed by atoms with van der Waals surface area (Å²) in [6, 6.07) is -0.562. The summed E-state index contributed by atoms with van der Waals surface area (Å²) in [5, 5.41) is 15.2. The van der Waals surface area contributed by atoms with Crippen LogP contribution in [0.5, 0.6) is 0 Å². The summed E-state index contributed by atoms with van der Waals surface area (Å²) >= 11 is 1.51. The first-order valence-electron chi connectivity index (χ1n) is 5.95. The van der Waals surface area contributed by atoms with Crippen LogP contribution in [0.3, 0.4) is 0 Å². The van der Waals surface area contributed by atoms with Gasteiger partial charge in [0.15, 0.2) is 0 Å². The molecule has 0 bridgehead atoms. The van der Waals surface area contributed by atoms with Gasteiger partial charge in [0.25, 0.3) is 0 Å². The molecule has 0 aliphatic carbocycles. The Morgan fingerprint density at radius 2 is 1.94 bits per heavy atom. The molecule has 0 aliphatic rings.